The van der Waals surface area contributed by atoms with Gasteiger partial charge in [-0.25, -0.2) is 4.98 Å². The van der Waals surface area contributed by atoms with E-state index in [-0.39, 0.29) is 5.78 Å². The third kappa shape index (κ3) is 2.80. The number of hydrogen-bond donors (Lipinski definition) is 0. The van der Waals surface area contributed by atoms with Crippen LogP contribution in [0.15, 0.2) is 24.3 Å². The fourth-order valence-electron chi connectivity index (χ4n) is 1.74. The molecule has 0 aliphatic carbocycles. The summed E-state index contributed by atoms with van der Waals surface area (Å²) in [5.74, 6) is 0.107. The quantitative estimate of drug-likeness (QED) is 0.774. The lowest BCUT2D eigenvalue weighted by molar-refractivity contribution is 0.102. The van der Waals surface area contributed by atoms with Gasteiger partial charge in [0.25, 0.3) is 0 Å². The Morgan fingerprint density at radius 1 is 1.24 bits per heavy atom. The van der Waals surface area contributed by atoms with Crippen molar-refractivity contribution >= 4 is 17.1 Å². The number of Topliss-reactive ketones (excluding diaryl/α,β-unsaturated/α-hetero) is 1. The highest BCUT2D eigenvalue weighted by Crippen LogP contribution is 2.21. The molecule has 0 bridgehead atoms. The summed E-state index contributed by atoms with van der Waals surface area (Å²) < 4.78 is 0. The smallest absolute Gasteiger partial charge is 0.171 e. The maximum atomic E-state index is 11.3. The largest absolute Gasteiger partial charge is 0.294 e. The van der Waals surface area contributed by atoms with Gasteiger partial charge in [0, 0.05) is 13.3 Å². The van der Waals surface area contributed by atoms with E-state index in [1.54, 1.807) is 6.92 Å². The predicted octanol–water partition coefficient (Wildman–Crippen LogP) is 3.55. The first-order chi connectivity index (χ1) is 8.06. The van der Waals surface area contributed by atoms with Crippen molar-refractivity contribution in [1.82, 2.24) is 4.98 Å². The molecular formula is C14H15NOS. The van der Waals surface area contributed by atoms with E-state index in [1.807, 2.05) is 6.92 Å². The van der Waals surface area contributed by atoms with Crippen molar-refractivity contribution in [3.63, 3.8) is 0 Å². The summed E-state index contributed by atoms with van der Waals surface area (Å²) in [5.41, 5.74) is 3.34. The van der Waals surface area contributed by atoms with Crippen molar-refractivity contribution in [1.29, 1.82) is 0 Å². The Bertz CT molecular complexity index is 540. The van der Waals surface area contributed by atoms with E-state index in [0.717, 1.165) is 22.0 Å². The minimum absolute atomic E-state index is 0.107. The number of hydrogen-bond acceptors (Lipinski definition) is 3. The molecule has 0 saturated heterocycles. The van der Waals surface area contributed by atoms with Crippen LogP contribution in [0.4, 0.5) is 0 Å². The third-order valence-corrected chi connectivity index (χ3v) is 3.89. The van der Waals surface area contributed by atoms with Gasteiger partial charge in [-0.05, 0) is 19.4 Å². The molecule has 0 fully saturated rings. The maximum absolute atomic E-state index is 11.3. The number of benzene rings is 1. The zero-order valence-electron chi connectivity index (χ0n) is 10.3. The van der Waals surface area contributed by atoms with Crippen LogP contribution in [0.1, 0.15) is 38.4 Å². The molecule has 0 aliphatic rings. The van der Waals surface area contributed by atoms with Crippen molar-refractivity contribution < 1.29 is 4.79 Å². The van der Waals surface area contributed by atoms with Crippen LogP contribution in [0.5, 0.6) is 0 Å². The molecule has 1 heterocycles. The minimum Gasteiger partial charge on any atom is -0.294 e. The molecule has 0 saturated carbocycles. The van der Waals surface area contributed by atoms with Crippen LogP contribution in [0.25, 0.3) is 0 Å². The molecule has 0 radical (unpaired) electrons. The third-order valence-electron chi connectivity index (χ3n) is 2.64. The molecule has 0 N–H and O–H groups in total. The Morgan fingerprint density at radius 3 is 2.41 bits per heavy atom. The molecule has 1 aromatic heterocycles. The van der Waals surface area contributed by atoms with Gasteiger partial charge in [0.2, 0.25) is 0 Å². The topological polar surface area (TPSA) is 30.0 Å². The molecule has 2 nitrogen and oxygen atoms in total. The van der Waals surface area contributed by atoms with Gasteiger partial charge >= 0.3 is 0 Å². The lowest BCUT2D eigenvalue weighted by Crippen LogP contribution is -1.89. The molecular weight excluding hydrogens is 230 g/mol. The number of rotatable bonds is 3. The Morgan fingerprint density at radius 2 is 1.88 bits per heavy atom. The molecule has 0 amide bonds. The van der Waals surface area contributed by atoms with Crippen LogP contribution < -0.4 is 0 Å². The summed E-state index contributed by atoms with van der Waals surface area (Å²) in [6, 6.07) is 8.42. The van der Waals surface area contributed by atoms with Gasteiger partial charge in [0.1, 0.15) is 0 Å². The Hall–Kier alpha value is -1.48. The van der Waals surface area contributed by atoms with Gasteiger partial charge in [-0.15, -0.1) is 11.3 Å². The molecule has 88 valence electrons. The van der Waals surface area contributed by atoms with Gasteiger partial charge in [0.15, 0.2) is 5.78 Å². The number of ketones is 1. The zero-order chi connectivity index (χ0) is 12.4. The lowest BCUT2D eigenvalue weighted by Gasteiger charge is -1.98. The molecule has 0 atom stereocenters. The molecule has 2 rings (SSSR count). The second-order valence-corrected chi connectivity index (χ2v) is 5.32. The summed E-state index contributed by atoms with van der Waals surface area (Å²) in [7, 11) is 0. The van der Waals surface area contributed by atoms with Crippen LogP contribution in [-0.2, 0) is 6.42 Å². The van der Waals surface area contributed by atoms with E-state index in [0.29, 0.717) is 0 Å². The highest BCUT2D eigenvalue weighted by atomic mass is 32.1. The average Bonchev–Trinajstić information content (AvgIpc) is 2.63. The van der Waals surface area contributed by atoms with Crippen LogP contribution >= 0.6 is 11.3 Å². The van der Waals surface area contributed by atoms with Crippen molar-refractivity contribution in [2.45, 2.75) is 27.2 Å². The van der Waals surface area contributed by atoms with Crippen molar-refractivity contribution in [3.8, 4) is 0 Å². The normalized spacial score (nSPS) is 10.5. The monoisotopic (exact) mass is 245 g/mol. The van der Waals surface area contributed by atoms with Crippen molar-refractivity contribution in [3.05, 3.63) is 51.0 Å². The highest BCUT2D eigenvalue weighted by Gasteiger charge is 2.11. The van der Waals surface area contributed by atoms with E-state index >= 15 is 0 Å². The van der Waals surface area contributed by atoms with E-state index in [4.69, 9.17) is 0 Å². The Kier molecular flexibility index (Phi) is 3.38. The van der Waals surface area contributed by atoms with Gasteiger partial charge in [-0.3, -0.25) is 4.79 Å². The second kappa shape index (κ2) is 4.80. The van der Waals surface area contributed by atoms with Gasteiger partial charge in [-0.1, -0.05) is 29.8 Å². The van der Waals surface area contributed by atoms with E-state index in [2.05, 4.69) is 36.2 Å². The fourth-order valence-corrected chi connectivity index (χ4v) is 2.73. The van der Waals surface area contributed by atoms with E-state index < -0.39 is 0 Å². The highest BCUT2D eigenvalue weighted by molar-refractivity contribution is 7.13. The Balaban J connectivity index is 2.22. The molecule has 3 heteroatoms. The summed E-state index contributed by atoms with van der Waals surface area (Å²) in [6.07, 6.45) is 0.805. The number of thiazole rings is 1. The zero-order valence-corrected chi connectivity index (χ0v) is 11.1. The van der Waals surface area contributed by atoms with Crippen LogP contribution in [0.3, 0.4) is 0 Å². The number of carbonyl (C=O) groups excluding carboxylic acids is 1. The van der Waals surface area contributed by atoms with E-state index in [9.17, 15) is 4.79 Å². The first-order valence-electron chi connectivity index (χ1n) is 5.59. The predicted molar refractivity (Wildman–Crippen MR) is 70.8 cm³/mol. The SMILES string of the molecule is CC(=O)c1sc(Cc2ccc(C)cc2)nc1C. The van der Waals surface area contributed by atoms with Gasteiger partial charge < -0.3 is 0 Å². The lowest BCUT2D eigenvalue weighted by atomic mass is 10.1. The van der Waals surface area contributed by atoms with Gasteiger partial charge in [0.05, 0.1) is 15.6 Å². The standard InChI is InChI=1S/C14H15NOS/c1-9-4-6-12(7-5-9)8-13-15-10(2)14(17-13)11(3)16/h4-7H,8H2,1-3H3. The van der Waals surface area contributed by atoms with Crippen LogP contribution in [0, 0.1) is 13.8 Å². The number of aryl methyl sites for hydroxylation is 2. The summed E-state index contributed by atoms with van der Waals surface area (Å²) in [6.45, 7) is 5.56. The second-order valence-electron chi connectivity index (χ2n) is 4.24. The number of carbonyl (C=O) groups is 1. The summed E-state index contributed by atoms with van der Waals surface area (Å²) in [5, 5.41) is 1.01. The molecule has 1 aromatic carbocycles. The number of nitrogens with zero attached hydrogens (tertiary/aromatic N) is 1. The molecule has 2 aromatic rings. The molecule has 0 aliphatic heterocycles. The van der Waals surface area contributed by atoms with Crippen LogP contribution in [-0.4, -0.2) is 10.8 Å². The minimum atomic E-state index is 0.107. The van der Waals surface area contributed by atoms with E-state index in [1.165, 1.54) is 22.5 Å². The maximum Gasteiger partial charge on any atom is 0.171 e. The summed E-state index contributed by atoms with van der Waals surface area (Å²) >= 11 is 1.51. The first-order valence-corrected chi connectivity index (χ1v) is 6.40. The summed E-state index contributed by atoms with van der Waals surface area (Å²) in [4.78, 5) is 16.6. The van der Waals surface area contributed by atoms with Gasteiger partial charge in [-0.2, -0.15) is 0 Å². The van der Waals surface area contributed by atoms with Crippen molar-refractivity contribution in [2.75, 3.05) is 0 Å². The van der Waals surface area contributed by atoms with Crippen LogP contribution in [0.2, 0.25) is 0 Å². The fraction of sp³-hybridized carbons (Fsp3) is 0.286. The molecule has 17 heavy (non-hydrogen) atoms. The average molecular weight is 245 g/mol. The van der Waals surface area contributed by atoms with Crippen molar-refractivity contribution in [2.24, 2.45) is 0 Å². The molecule has 0 unspecified atom stereocenters. The molecule has 0 spiro atoms. The first kappa shape index (κ1) is 12.0. The Labute approximate surface area is 105 Å². The number of aromatic nitrogens is 1.